The molecular weight excluding hydrogens is 270 g/mol. The molecule has 6 nitrogen and oxygen atoms in total. The Morgan fingerprint density at radius 1 is 1.63 bits per heavy atom. The molecule has 0 amide bonds. The summed E-state index contributed by atoms with van der Waals surface area (Å²) in [7, 11) is 1.51. The van der Waals surface area contributed by atoms with Crippen LogP contribution >= 0.6 is 11.6 Å². The van der Waals surface area contributed by atoms with Crippen LogP contribution in [0.5, 0.6) is 0 Å². The molecule has 0 fully saturated rings. The summed E-state index contributed by atoms with van der Waals surface area (Å²) in [6.45, 7) is 1.73. The van der Waals surface area contributed by atoms with E-state index in [1.165, 1.54) is 19.5 Å². The van der Waals surface area contributed by atoms with Gasteiger partial charge in [0.25, 0.3) is 5.56 Å². The van der Waals surface area contributed by atoms with Gasteiger partial charge in [0.15, 0.2) is 0 Å². The highest BCUT2D eigenvalue weighted by Gasteiger charge is 2.26. The molecule has 2 N–H and O–H groups in total. The molecule has 2 aromatic heterocycles. The van der Waals surface area contributed by atoms with E-state index < -0.39 is 11.2 Å². The molecule has 0 spiro atoms. The minimum absolute atomic E-state index is 0.0349. The lowest BCUT2D eigenvalue weighted by Gasteiger charge is -2.22. The average molecular weight is 284 g/mol. The van der Waals surface area contributed by atoms with E-state index >= 15 is 0 Å². The first-order valence-electron chi connectivity index (χ1n) is 5.64. The van der Waals surface area contributed by atoms with Gasteiger partial charge in [-0.3, -0.25) is 4.79 Å². The topological polar surface area (TPSA) is 80.3 Å². The molecule has 0 saturated carbocycles. The molecule has 0 radical (unpaired) electrons. The van der Waals surface area contributed by atoms with Gasteiger partial charge < -0.3 is 14.8 Å². The summed E-state index contributed by atoms with van der Waals surface area (Å²) in [6.07, 6.45) is 2.92. The van der Waals surface area contributed by atoms with Gasteiger partial charge in [0, 0.05) is 7.05 Å². The zero-order valence-corrected chi connectivity index (χ0v) is 11.3. The fraction of sp³-hybridized carbons (Fsp3) is 0.333. The molecule has 1 unspecified atom stereocenters. The van der Waals surface area contributed by atoms with Crippen molar-refractivity contribution in [3.05, 3.63) is 45.7 Å². The van der Waals surface area contributed by atoms with E-state index in [-0.39, 0.29) is 11.6 Å². The Labute approximate surface area is 114 Å². The molecule has 1 atom stereocenters. The number of hydrogen-bond donors (Lipinski definition) is 2. The fourth-order valence-corrected chi connectivity index (χ4v) is 1.81. The van der Waals surface area contributed by atoms with Crippen molar-refractivity contribution in [1.29, 1.82) is 0 Å². The Kier molecular flexibility index (Phi) is 3.64. The molecule has 0 aromatic carbocycles. The van der Waals surface area contributed by atoms with Crippen LogP contribution in [0.3, 0.4) is 0 Å². The van der Waals surface area contributed by atoms with Gasteiger partial charge in [-0.25, -0.2) is 4.68 Å². The zero-order valence-electron chi connectivity index (χ0n) is 10.6. The first-order valence-corrected chi connectivity index (χ1v) is 6.01. The quantitative estimate of drug-likeness (QED) is 0.885. The third kappa shape index (κ3) is 2.80. The number of aryl methyl sites for hydroxylation is 1. The number of hydrogen-bond acceptors (Lipinski definition) is 5. The molecule has 0 aliphatic heterocycles. The van der Waals surface area contributed by atoms with Crippen molar-refractivity contribution in [1.82, 2.24) is 9.78 Å². The number of halogens is 1. The zero-order chi connectivity index (χ0) is 14.0. The molecule has 0 bridgehead atoms. The monoisotopic (exact) mass is 283 g/mol. The van der Waals surface area contributed by atoms with Crippen LogP contribution in [-0.4, -0.2) is 21.4 Å². The van der Waals surface area contributed by atoms with Gasteiger partial charge in [0.2, 0.25) is 0 Å². The molecule has 0 saturated heterocycles. The van der Waals surface area contributed by atoms with Gasteiger partial charge >= 0.3 is 0 Å². The lowest BCUT2D eigenvalue weighted by molar-refractivity contribution is 0.0476. The lowest BCUT2D eigenvalue weighted by atomic mass is 10.0. The van der Waals surface area contributed by atoms with Crippen LogP contribution in [0.2, 0.25) is 5.02 Å². The van der Waals surface area contributed by atoms with Crippen molar-refractivity contribution in [2.24, 2.45) is 7.05 Å². The standard InChI is InChI=1S/C12H14ClN3O3/c1-12(18,9-4-3-5-19-9)7-14-8-6-15-16(2)11(17)10(8)13/h3-6,14,18H,7H2,1-2H3. The summed E-state index contributed by atoms with van der Waals surface area (Å²) in [5.41, 5.74) is -1.24. The molecular formula is C12H14ClN3O3. The normalized spacial score (nSPS) is 14.1. The van der Waals surface area contributed by atoms with Crippen LogP contribution in [0.25, 0.3) is 0 Å². The predicted octanol–water partition coefficient (Wildman–Crippen LogP) is 1.35. The van der Waals surface area contributed by atoms with Crippen molar-refractivity contribution in [2.45, 2.75) is 12.5 Å². The van der Waals surface area contributed by atoms with Crippen LogP contribution in [0, 0.1) is 0 Å². The number of nitrogens with one attached hydrogen (secondary N) is 1. The third-order valence-corrected chi connectivity index (χ3v) is 3.12. The molecule has 7 heteroatoms. The van der Waals surface area contributed by atoms with Crippen molar-refractivity contribution in [3.8, 4) is 0 Å². The van der Waals surface area contributed by atoms with E-state index in [1.807, 2.05) is 0 Å². The average Bonchev–Trinajstić information content (AvgIpc) is 2.90. The Bertz CT molecular complexity index is 620. The summed E-state index contributed by atoms with van der Waals surface area (Å²) in [4.78, 5) is 11.6. The number of aromatic nitrogens is 2. The largest absolute Gasteiger partial charge is 0.466 e. The maximum atomic E-state index is 11.6. The van der Waals surface area contributed by atoms with E-state index in [1.54, 1.807) is 19.1 Å². The smallest absolute Gasteiger partial charge is 0.287 e. The van der Waals surface area contributed by atoms with Crippen molar-refractivity contribution in [3.63, 3.8) is 0 Å². The van der Waals surface area contributed by atoms with E-state index in [4.69, 9.17) is 16.0 Å². The third-order valence-electron chi connectivity index (χ3n) is 2.75. The molecule has 102 valence electrons. The van der Waals surface area contributed by atoms with Gasteiger partial charge in [0.1, 0.15) is 16.4 Å². The van der Waals surface area contributed by atoms with Gasteiger partial charge in [0.05, 0.1) is 24.7 Å². The van der Waals surface area contributed by atoms with Crippen LogP contribution < -0.4 is 10.9 Å². The molecule has 2 rings (SSSR count). The maximum Gasteiger partial charge on any atom is 0.287 e. The van der Waals surface area contributed by atoms with E-state index in [2.05, 4.69) is 10.4 Å². The number of furan rings is 1. The summed E-state index contributed by atoms with van der Waals surface area (Å²) in [6, 6.07) is 3.36. The molecule has 2 aromatic rings. The Hall–Kier alpha value is -1.79. The summed E-state index contributed by atoms with van der Waals surface area (Å²) >= 11 is 5.91. The SMILES string of the molecule is Cn1ncc(NCC(C)(O)c2ccco2)c(Cl)c1=O. The minimum atomic E-state index is -1.21. The number of nitrogens with zero attached hydrogens (tertiary/aromatic N) is 2. The summed E-state index contributed by atoms with van der Waals surface area (Å²) < 4.78 is 6.29. The first kappa shape index (κ1) is 13.6. The minimum Gasteiger partial charge on any atom is -0.466 e. The number of aliphatic hydroxyl groups is 1. The highest BCUT2D eigenvalue weighted by molar-refractivity contribution is 6.32. The molecule has 0 aliphatic rings. The Morgan fingerprint density at radius 3 is 3.00 bits per heavy atom. The van der Waals surface area contributed by atoms with Gasteiger partial charge in [-0.05, 0) is 19.1 Å². The Morgan fingerprint density at radius 2 is 2.37 bits per heavy atom. The number of anilines is 1. The first-order chi connectivity index (χ1) is 8.92. The maximum absolute atomic E-state index is 11.6. The van der Waals surface area contributed by atoms with Crippen molar-refractivity contribution < 1.29 is 9.52 Å². The molecule has 0 aliphatic carbocycles. The lowest BCUT2D eigenvalue weighted by Crippen LogP contribution is -2.31. The van der Waals surface area contributed by atoms with Crippen molar-refractivity contribution in [2.75, 3.05) is 11.9 Å². The van der Waals surface area contributed by atoms with Crippen LogP contribution in [0.4, 0.5) is 5.69 Å². The Balaban J connectivity index is 2.16. The van der Waals surface area contributed by atoms with Gasteiger partial charge in [-0.2, -0.15) is 5.10 Å². The second kappa shape index (κ2) is 5.07. The second-order valence-corrected chi connectivity index (χ2v) is 4.78. The van der Waals surface area contributed by atoms with Crippen molar-refractivity contribution >= 4 is 17.3 Å². The van der Waals surface area contributed by atoms with E-state index in [0.29, 0.717) is 11.4 Å². The van der Waals surface area contributed by atoms with Gasteiger partial charge in [-0.1, -0.05) is 11.6 Å². The molecule has 19 heavy (non-hydrogen) atoms. The van der Waals surface area contributed by atoms with E-state index in [9.17, 15) is 9.90 Å². The van der Waals surface area contributed by atoms with Crippen LogP contribution in [0.1, 0.15) is 12.7 Å². The van der Waals surface area contributed by atoms with Crippen LogP contribution in [-0.2, 0) is 12.6 Å². The van der Waals surface area contributed by atoms with E-state index in [0.717, 1.165) is 4.68 Å². The van der Waals surface area contributed by atoms with Crippen LogP contribution in [0.15, 0.2) is 33.8 Å². The van der Waals surface area contributed by atoms with Gasteiger partial charge in [-0.15, -0.1) is 0 Å². The molecule has 2 heterocycles. The highest BCUT2D eigenvalue weighted by Crippen LogP contribution is 2.23. The highest BCUT2D eigenvalue weighted by atomic mass is 35.5. The summed E-state index contributed by atoms with van der Waals surface area (Å²) in [5, 5.41) is 17.0. The second-order valence-electron chi connectivity index (χ2n) is 4.41. The number of rotatable bonds is 4. The predicted molar refractivity (Wildman–Crippen MR) is 71.3 cm³/mol. The fourth-order valence-electron chi connectivity index (χ4n) is 1.57. The summed E-state index contributed by atoms with van der Waals surface area (Å²) in [5.74, 6) is 0.424.